The number of amides is 1. The predicted octanol–water partition coefficient (Wildman–Crippen LogP) is 2.79. The van der Waals surface area contributed by atoms with Crippen molar-refractivity contribution in [2.45, 2.75) is 20.3 Å². The van der Waals surface area contributed by atoms with Crippen molar-refractivity contribution in [3.05, 3.63) is 28.8 Å². The number of esters is 1. The summed E-state index contributed by atoms with van der Waals surface area (Å²) in [5.41, 5.74) is 1.42. The van der Waals surface area contributed by atoms with Crippen LogP contribution in [0, 0.1) is 18.8 Å². The number of hydrogen-bond donors (Lipinski definition) is 1. The zero-order chi connectivity index (χ0) is 14.0. The fourth-order valence-corrected chi connectivity index (χ4v) is 2.00. The van der Waals surface area contributed by atoms with Crippen molar-refractivity contribution in [3.63, 3.8) is 0 Å². The van der Waals surface area contributed by atoms with E-state index in [1.807, 2.05) is 13.8 Å². The summed E-state index contributed by atoms with van der Waals surface area (Å²) in [6, 6.07) is 5.26. The van der Waals surface area contributed by atoms with Crippen molar-refractivity contribution < 1.29 is 14.3 Å². The van der Waals surface area contributed by atoms with Gasteiger partial charge in [0, 0.05) is 10.7 Å². The number of ether oxygens (including phenoxy) is 1. The lowest BCUT2D eigenvalue weighted by Gasteiger charge is -2.09. The minimum absolute atomic E-state index is 0.0271. The lowest BCUT2D eigenvalue weighted by atomic mass is 10.2. The summed E-state index contributed by atoms with van der Waals surface area (Å²) in [6.07, 6.45) is 0.855. The van der Waals surface area contributed by atoms with Crippen LogP contribution < -0.4 is 5.32 Å². The molecule has 1 amide bonds. The molecule has 0 radical (unpaired) electrons. The van der Waals surface area contributed by atoms with Crippen LogP contribution in [0.5, 0.6) is 0 Å². The third-order valence-electron chi connectivity index (χ3n) is 3.30. The first kappa shape index (κ1) is 13.9. The Morgan fingerprint density at radius 2 is 2.16 bits per heavy atom. The zero-order valence-electron chi connectivity index (χ0n) is 10.9. The van der Waals surface area contributed by atoms with E-state index < -0.39 is 0 Å². The summed E-state index contributed by atoms with van der Waals surface area (Å²) < 4.78 is 4.96. The number of anilines is 1. The molecule has 1 aromatic rings. The number of nitrogens with one attached hydrogen (secondary N) is 1. The number of halogens is 1. The van der Waals surface area contributed by atoms with Crippen molar-refractivity contribution in [1.82, 2.24) is 0 Å². The highest BCUT2D eigenvalue weighted by Crippen LogP contribution is 2.38. The summed E-state index contributed by atoms with van der Waals surface area (Å²) in [5.74, 6) is -0.288. The third kappa shape index (κ3) is 3.47. The molecule has 1 aliphatic carbocycles. The fourth-order valence-electron chi connectivity index (χ4n) is 1.82. The number of carbonyl (C=O) groups excluding carboxylic acids is 2. The third-order valence-corrected chi connectivity index (χ3v) is 3.71. The van der Waals surface area contributed by atoms with Crippen LogP contribution in [0.4, 0.5) is 5.69 Å². The van der Waals surface area contributed by atoms with E-state index in [0.29, 0.717) is 16.6 Å². The van der Waals surface area contributed by atoms with Crippen LogP contribution in [0.15, 0.2) is 18.2 Å². The van der Waals surface area contributed by atoms with Crippen LogP contribution in [-0.2, 0) is 14.3 Å². The van der Waals surface area contributed by atoms with Gasteiger partial charge in [0.25, 0.3) is 5.91 Å². The van der Waals surface area contributed by atoms with E-state index in [1.54, 1.807) is 18.2 Å². The fraction of sp³-hybridized carbons (Fsp3) is 0.429. The zero-order valence-corrected chi connectivity index (χ0v) is 11.7. The molecule has 1 N–H and O–H groups in total. The van der Waals surface area contributed by atoms with Crippen LogP contribution in [0.25, 0.3) is 0 Å². The van der Waals surface area contributed by atoms with Crippen molar-refractivity contribution in [3.8, 4) is 0 Å². The lowest BCUT2D eigenvalue weighted by molar-refractivity contribution is -0.148. The van der Waals surface area contributed by atoms with Crippen LogP contribution >= 0.6 is 11.6 Å². The van der Waals surface area contributed by atoms with Gasteiger partial charge < -0.3 is 10.1 Å². The number of carbonyl (C=O) groups is 2. The molecule has 2 atom stereocenters. The summed E-state index contributed by atoms with van der Waals surface area (Å²) in [6.45, 7) is 3.55. The van der Waals surface area contributed by atoms with Crippen LogP contribution in [-0.4, -0.2) is 18.5 Å². The number of rotatable bonds is 4. The Kier molecular flexibility index (Phi) is 4.10. The highest BCUT2D eigenvalue weighted by molar-refractivity contribution is 6.31. The van der Waals surface area contributed by atoms with Gasteiger partial charge in [-0.1, -0.05) is 24.6 Å². The van der Waals surface area contributed by atoms with E-state index in [4.69, 9.17) is 16.3 Å². The number of hydrogen-bond acceptors (Lipinski definition) is 3. The molecular weight excluding hydrogens is 266 g/mol. The largest absolute Gasteiger partial charge is 0.455 e. The van der Waals surface area contributed by atoms with E-state index >= 15 is 0 Å². The lowest BCUT2D eigenvalue weighted by Crippen LogP contribution is -2.22. The highest BCUT2D eigenvalue weighted by atomic mass is 35.5. The van der Waals surface area contributed by atoms with Gasteiger partial charge in [-0.2, -0.15) is 0 Å². The van der Waals surface area contributed by atoms with E-state index in [1.165, 1.54) is 0 Å². The second kappa shape index (κ2) is 5.61. The Bertz CT molecular complexity index is 515. The molecule has 1 aromatic carbocycles. The van der Waals surface area contributed by atoms with Gasteiger partial charge in [0.15, 0.2) is 6.61 Å². The Balaban J connectivity index is 1.84. The van der Waals surface area contributed by atoms with E-state index in [9.17, 15) is 9.59 Å². The van der Waals surface area contributed by atoms with Gasteiger partial charge in [-0.25, -0.2) is 0 Å². The second-order valence-corrected chi connectivity index (χ2v) is 5.29. The molecule has 0 aromatic heterocycles. The Morgan fingerprint density at radius 3 is 2.79 bits per heavy atom. The summed E-state index contributed by atoms with van der Waals surface area (Å²) >= 11 is 5.95. The molecule has 0 spiro atoms. The maximum atomic E-state index is 11.7. The summed E-state index contributed by atoms with van der Waals surface area (Å²) in [5, 5.41) is 3.26. The molecule has 102 valence electrons. The van der Waals surface area contributed by atoms with Gasteiger partial charge in [-0.05, 0) is 37.0 Å². The minimum atomic E-state index is -0.355. The molecule has 2 rings (SSSR count). The van der Waals surface area contributed by atoms with E-state index in [2.05, 4.69) is 5.32 Å². The average Bonchev–Trinajstić information content (AvgIpc) is 3.09. The van der Waals surface area contributed by atoms with Crippen LogP contribution in [0.1, 0.15) is 18.9 Å². The van der Waals surface area contributed by atoms with Gasteiger partial charge in [0.2, 0.25) is 0 Å². The number of benzene rings is 1. The van der Waals surface area contributed by atoms with Crippen molar-refractivity contribution >= 4 is 29.2 Å². The van der Waals surface area contributed by atoms with E-state index in [-0.39, 0.29) is 24.4 Å². The quantitative estimate of drug-likeness (QED) is 0.864. The Morgan fingerprint density at radius 1 is 1.47 bits per heavy atom. The molecule has 0 aliphatic heterocycles. The molecule has 0 saturated heterocycles. The Labute approximate surface area is 117 Å². The van der Waals surface area contributed by atoms with Crippen LogP contribution in [0.3, 0.4) is 0 Å². The van der Waals surface area contributed by atoms with Gasteiger partial charge in [-0.3, -0.25) is 9.59 Å². The molecule has 19 heavy (non-hydrogen) atoms. The maximum absolute atomic E-state index is 11.7. The molecule has 1 fully saturated rings. The molecule has 1 saturated carbocycles. The average molecular weight is 282 g/mol. The highest BCUT2D eigenvalue weighted by Gasteiger charge is 2.40. The molecule has 1 aliphatic rings. The summed E-state index contributed by atoms with van der Waals surface area (Å²) in [4.78, 5) is 23.1. The van der Waals surface area contributed by atoms with Gasteiger partial charge >= 0.3 is 5.97 Å². The van der Waals surface area contributed by atoms with Crippen LogP contribution in [0.2, 0.25) is 5.02 Å². The van der Waals surface area contributed by atoms with Gasteiger partial charge in [0.1, 0.15) is 0 Å². The molecule has 0 unspecified atom stereocenters. The topological polar surface area (TPSA) is 55.4 Å². The molecule has 0 bridgehead atoms. The first-order chi connectivity index (χ1) is 8.99. The smallest absolute Gasteiger partial charge is 0.309 e. The van der Waals surface area contributed by atoms with Gasteiger partial charge in [0.05, 0.1) is 5.92 Å². The normalized spacial score (nSPS) is 20.8. The van der Waals surface area contributed by atoms with Crippen molar-refractivity contribution in [1.29, 1.82) is 0 Å². The Hall–Kier alpha value is -1.55. The molecular formula is C14H16ClNO3. The predicted molar refractivity (Wildman–Crippen MR) is 73.0 cm³/mol. The van der Waals surface area contributed by atoms with E-state index in [0.717, 1.165) is 12.0 Å². The minimum Gasteiger partial charge on any atom is -0.455 e. The first-order valence-electron chi connectivity index (χ1n) is 6.20. The van der Waals surface area contributed by atoms with Gasteiger partial charge in [-0.15, -0.1) is 0 Å². The molecule has 4 nitrogen and oxygen atoms in total. The SMILES string of the molecule is Cc1c(Cl)cccc1NC(=O)COC(=O)[C@H]1C[C@H]1C. The monoisotopic (exact) mass is 281 g/mol. The van der Waals surface area contributed by atoms with Crippen molar-refractivity contribution in [2.24, 2.45) is 11.8 Å². The maximum Gasteiger partial charge on any atom is 0.309 e. The van der Waals surface area contributed by atoms with Crippen molar-refractivity contribution in [2.75, 3.05) is 11.9 Å². The molecule has 5 heteroatoms. The second-order valence-electron chi connectivity index (χ2n) is 4.89. The standard InChI is InChI=1S/C14H16ClNO3/c1-8-6-10(8)14(18)19-7-13(17)16-12-5-3-4-11(15)9(12)2/h3-5,8,10H,6-7H2,1-2H3,(H,16,17)/t8-,10+/m1/s1. The summed E-state index contributed by atoms with van der Waals surface area (Å²) in [7, 11) is 0. The first-order valence-corrected chi connectivity index (χ1v) is 6.58. The molecule has 0 heterocycles.